The van der Waals surface area contributed by atoms with Crippen molar-refractivity contribution in [3.63, 3.8) is 0 Å². The molecule has 11 nitrogen and oxygen atoms in total. The van der Waals surface area contributed by atoms with Gasteiger partial charge in [-0.2, -0.15) is 0 Å². The first-order valence-corrected chi connectivity index (χ1v) is 17.6. The number of phenolic OH excluding ortho intramolecular Hbond substituents is 1. The lowest BCUT2D eigenvalue weighted by Crippen LogP contribution is -2.44. The monoisotopic (exact) mass is 707 g/mol. The SMILES string of the molecule is CN(Cc1cn2cc(F)ccc2n1)C1CCC(n2c(=O)c3cc(F)cnc3n(-c3cccc(-c4ccc(O)cc4CN4CCOCC4)c3)c2=O)CC1. The third-order valence-corrected chi connectivity index (χ3v) is 10.4. The summed E-state index contributed by atoms with van der Waals surface area (Å²) in [6, 6.07) is 16.7. The molecule has 2 aliphatic rings. The Balaban J connectivity index is 1.10. The zero-order valence-corrected chi connectivity index (χ0v) is 28.8. The van der Waals surface area contributed by atoms with E-state index in [2.05, 4.69) is 19.8 Å². The van der Waals surface area contributed by atoms with E-state index in [1.54, 1.807) is 28.7 Å². The van der Waals surface area contributed by atoms with Gasteiger partial charge in [0.15, 0.2) is 5.65 Å². The Hall–Kier alpha value is -5.24. The van der Waals surface area contributed by atoms with Crippen LogP contribution < -0.4 is 11.2 Å². The molecule has 0 spiro atoms. The highest BCUT2D eigenvalue weighted by molar-refractivity contribution is 5.77. The lowest BCUT2D eigenvalue weighted by Gasteiger charge is -2.35. The average molecular weight is 708 g/mol. The molecular formula is C39H39F2N7O4. The van der Waals surface area contributed by atoms with Crippen molar-refractivity contribution in [1.82, 2.24) is 33.3 Å². The summed E-state index contributed by atoms with van der Waals surface area (Å²) in [5.41, 5.74) is 3.64. The number of nitrogens with zero attached hydrogens (tertiary/aromatic N) is 7. The van der Waals surface area contributed by atoms with E-state index in [9.17, 15) is 23.5 Å². The van der Waals surface area contributed by atoms with E-state index in [4.69, 9.17) is 4.74 Å². The van der Waals surface area contributed by atoms with Crippen molar-refractivity contribution in [2.45, 2.75) is 50.9 Å². The Morgan fingerprint density at radius 1 is 0.942 bits per heavy atom. The second kappa shape index (κ2) is 14.1. The number of phenols is 1. The summed E-state index contributed by atoms with van der Waals surface area (Å²) >= 11 is 0. The van der Waals surface area contributed by atoms with E-state index in [0.29, 0.717) is 50.5 Å². The molecule has 8 rings (SSSR count). The largest absolute Gasteiger partial charge is 0.508 e. The van der Waals surface area contributed by atoms with Crippen LogP contribution in [0.3, 0.4) is 0 Å². The quantitative estimate of drug-likeness (QED) is 0.227. The second-order valence-corrected chi connectivity index (χ2v) is 13.8. The number of halogens is 2. The highest BCUT2D eigenvalue weighted by atomic mass is 19.1. The zero-order chi connectivity index (χ0) is 35.9. The summed E-state index contributed by atoms with van der Waals surface area (Å²) in [6.45, 7) is 4.03. The van der Waals surface area contributed by atoms with Crippen LogP contribution in [0.2, 0.25) is 0 Å². The van der Waals surface area contributed by atoms with Crippen molar-refractivity contribution >= 4 is 16.7 Å². The number of morpholine rings is 1. The number of hydrogen-bond acceptors (Lipinski definition) is 8. The van der Waals surface area contributed by atoms with Crippen LogP contribution in [0.4, 0.5) is 8.78 Å². The number of fused-ring (bicyclic) bond motifs is 2. The standard InChI is InChI=1S/C39H39F2N7O4/c1-44(23-29-24-46-22-27(40)5-12-36(46)43-29)30-6-8-31(9-7-30)48-38(50)35-19-28(41)20-42-37(35)47(39(48)51)32-4-2-3-25(17-32)34-11-10-33(49)18-26(34)21-45-13-15-52-16-14-45/h2-5,10-12,17-20,22,24,30-31,49H,6-9,13-16,21,23H2,1H3. The van der Waals surface area contributed by atoms with E-state index in [1.165, 1.54) is 21.4 Å². The Morgan fingerprint density at radius 2 is 1.75 bits per heavy atom. The summed E-state index contributed by atoms with van der Waals surface area (Å²) in [4.78, 5) is 41.8. The minimum atomic E-state index is -0.660. The van der Waals surface area contributed by atoms with Gasteiger partial charge in [0.2, 0.25) is 0 Å². The van der Waals surface area contributed by atoms with E-state index < -0.39 is 17.1 Å². The predicted octanol–water partition coefficient (Wildman–Crippen LogP) is 5.29. The van der Waals surface area contributed by atoms with Gasteiger partial charge in [-0.05, 0) is 91.9 Å². The van der Waals surface area contributed by atoms with E-state index in [0.717, 1.165) is 60.6 Å². The first-order chi connectivity index (χ1) is 25.2. The van der Waals surface area contributed by atoms with Gasteiger partial charge in [0.25, 0.3) is 5.56 Å². The first kappa shape index (κ1) is 33.9. The lowest BCUT2D eigenvalue weighted by molar-refractivity contribution is 0.0342. The van der Waals surface area contributed by atoms with Crippen LogP contribution in [0.15, 0.2) is 88.8 Å². The number of ether oxygens (including phenoxy) is 1. The van der Waals surface area contributed by atoms with Gasteiger partial charge >= 0.3 is 5.69 Å². The summed E-state index contributed by atoms with van der Waals surface area (Å²) in [5.74, 6) is -0.827. The van der Waals surface area contributed by atoms with Crippen LogP contribution in [-0.4, -0.2) is 77.8 Å². The van der Waals surface area contributed by atoms with Crippen molar-refractivity contribution in [2.75, 3.05) is 33.4 Å². The fraction of sp³-hybridized carbons (Fsp3) is 0.333. The second-order valence-electron chi connectivity index (χ2n) is 13.8. The van der Waals surface area contributed by atoms with Gasteiger partial charge in [0.1, 0.15) is 23.0 Å². The van der Waals surface area contributed by atoms with Crippen LogP contribution in [0, 0.1) is 11.6 Å². The third-order valence-electron chi connectivity index (χ3n) is 10.4. The highest BCUT2D eigenvalue weighted by Gasteiger charge is 2.29. The van der Waals surface area contributed by atoms with E-state index in [1.807, 2.05) is 37.5 Å². The van der Waals surface area contributed by atoms with Gasteiger partial charge in [-0.1, -0.05) is 18.2 Å². The molecule has 0 unspecified atom stereocenters. The molecule has 5 heterocycles. The van der Waals surface area contributed by atoms with Gasteiger partial charge in [0.05, 0.1) is 36.2 Å². The molecule has 0 atom stereocenters. The maximum atomic E-state index is 14.6. The van der Waals surface area contributed by atoms with E-state index >= 15 is 0 Å². The van der Waals surface area contributed by atoms with Crippen LogP contribution in [0.1, 0.15) is 43.0 Å². The number of hydrogen-bond donors (Lipinski definition) is 1. The first-order valence-electron chi connectivity index (χ1n) is 17.6. The molecule has 52 heavy (non-hydrogen) atoms. The van der Waals surface area contributed by atoms with Crippen molar-refractivity contribution in [3.8, 4) is 22.6 Å². The molecule has 1 saturated heterocycles. The minimum absolute atomic E-state index is 0.0326. The molecule has 6 aromatic rings. The molecule has 1 saturated carbocycles. The maximum absolute atomic E-state index is 14.6. The molecule has 13 heteroatoms. The van der Waals surface area contributed by atoms with Crippen molar-refractivity contribution in [3.05, 3.63) is 123 Å². The molecule has 0 bridgehead atoms. The van der Waals surface area contributed by atoms with Gasteiger partial charge in [-0.25, -0.2) is 28.1 Å². The minimum Gasteiger partial charge on any atom is -0.508 e. The Morgan fingerprint density at radius 3 is 2.56 bits per heavy atom. The number of aromatic nitrogens is 5. The number of benzene rings is 2. The fourth-order valence-electron chi connectivity index (χ4n) is 7.78. The van der Waals surface area contributed by atoms with Crippen LogP contribution in [0.25, 0.3) is 33.5 Å². The Bertz CT molecular complexity index is 2390. The molecule has 4 aromatic heterocycles. The van der Waals surface area contributed by atoms with Crippen LogP contribution in [-0.2, 0) is 17.8 Å². The normalized spacial score (nSPS) is 18.5. The number of pyridine rings is 2. The predicted molar refractivity (Wildman–Crippen MR) is 193 cm³/mol. The lowest BCUT2D eigenvalue weighted by atomic mass is 9.90. The Kier molecular flexibility index (Phi) is 9.16. The zero-order valence-electron chi connectivity index (χ0n) is 28.8. The van der Waals surface area contributed by atoms with E-state index in [-0.39, 0.29) is 34.7 Å². The molecule has 268 valence electrons. The molecular weight excluding hydrogens is 668 g/mol. The van der Waals surface area contributed by atoms with Gasteiger partial charge in [-0.3, -0.25) is 19.2 Å². The van der Waals surface area contributed by atoms with Gasteiger partial charge < -0.3 is 14.2 Å². The highest BCUT2D eigenvalue weighted by Crippen LogP contribution is 2.32. The summed E-state index contributed by atoms with van der Waals surface area (Å²) in [5, 5.41) is 10.4. The van der Waals surface area contributed by atoms with Gasteiger partial charge in [-0.15, -0.1) is 0 Å². The molecule has 2 aromatic carbocycles. The molecule has 2 fully saturated rings. The van der Waals surface area contributed by atoms with Gasteiger partial charge in [0, 0.05) is 50.7 Å². The summed E-state index contributed by atoms with van der Waals surface area (Å²) < 4.78 is 38.2. The maximum Gasteiger partial charge on any atom is 0.337 e. The molecule has 1 N–H and O–H groups in total. The number of aromatic hydroxyl groups is 1. The Labute approximate surface area is 298 Å². The molecule has 0 amide bonds. The average Bonchev–Trinajstić information content (AvgIpc) is 3.54. The number of imidazole rings is 1. The summed E-state index contributed by atoms with van der Waals surface area (Å²) in [6.07, 6.45) is 6.87. The molecule has 1 aliphatic carbocycles. The summed E-state index contributed by atoms with van der Waals surface area (Å²) in [7, 11) is 2.02. The van der Waals surface area contributed by atoms with Crippen molar-refractivity contribution < 1.29 is 18.6 Å². The molecule has 0 radical (unpaired) electrons. The van der Waals surface area contributed by atoms with Crippen molar-refractivity contribution in [2.24, 2.45) is 0 Å². The third kappa shape index (κ3) is 6.62. The van der Waals surface area contributed by atoms with Crippen molar-refractivity contribution in [1.29, 1.82) is 0 Å². The smallest absolute Gasteiger partial charge is 0.337 e. The topological polar surface area (TPSA) is 110 Å². The van der Waals surface area contributed by atoms with Crippen LogP contribution in [0.5, 0.6) is 5.75 Å². The number of rotatable bonds is 8. The molecule has 1 aliphatic heterocycles. The fourth-order valence-corrected chi connectivity index (χ4v) is 7.78. The van der Waals surface area contributed by atoms with Crippen LogP contribution >= 0.6 is 0 Å².